The van der Waals surface area contributed by atoms with Crippen LogP contribution in [-0.4, -0.2) is 53.7 Å². The fourth-order valence-corrected chi connectivity index (χ4v) is 1.79. The molecule has 1 aliphatic heterocycles. The standard InChI is InChI=1S/C9H18N2O3/c1-11(14)5-2-3-8(4-6-11)10-9(13)7-12/h8,12,14H,2-7H2,1H3/p+1. The Bertz CT molecular complexity index is 206. The van der Waals surface area contributed by atoms with Crippen LogP contribution < -0.4 is 5.32 Å². The molecular weight excluding hydrogens is 184 g/mol. The number of rotatable bonds is 2. The molecule has 14 heavy (non-hydrogen) atoms. The molecule has 0 saturated carbocycles. The predicted octanol–water partition coefficient (Wildman–Crippen LogP) is -0.517. The summed E-state index contributed by atoms with van der Waals surface area (Å²) in [4.78, 5) is 10.9. The molecular formula is C9H19N2O3+. The number of amides is 1. The predicted molar refractivity (Wildman–Crippen MR) is 50.6 cm³/mol. The minimum absolute atomic E-state index is 0.0332. The summed E-state index contributed by atoms with van der Waals surface area (Å²) in [5.41, 5.74) is 0. The van der Waals surface area contributed by atoms with Crippen LogP contribution >= 0.6 is 0 Å². The Kier molecular flexibility index (Phi) is 3.86. The van der Waals surface area contributed by atoms with Gasteiger partial charge in [0.05, 0.1) is 7.05 Å². The Morgan fingerprint density at radius 2 is 2.21 bits per heavy atom. The minimum atomic E-state index is -0.457. The van der Waals surface area contributed by atoms with Gasteiger partial charge >= 0.3 is 0 Å². The van der Waals surface area contributed by atoms with Gasteiger partial charge in [-0.25, -0.2) is 5.21 Å². The molecule has 1 aliphatic rings. The third-order valence-electron chi connectivity index (χ3n) is 2.66. The van der Waals surface area contributed by atoms with E-state index in [0.717, 1.165) is 25.8 Å². The highest BCUT2D eigenvalue weighted by Crippen LogP contribution is 2.13. The number of likely N-dealkylation sites (tertiary alicyclic amines) is 1. The third kappa shape index (κ3) is 3.61. The molecule has 1 rings (SSSR count). The lowest BCUT2D eigenvalue weighted by Crippen LogP contribution is -2.42. The first-order chi connectivity index (χ1) is 6.53. The van der Waals surface area contributed by atoms with E-state index in [4.69, 9.17) is 5.11 Å². The first-order valence-electron chi connectivity index (χ1n) is 5.01. The third-order valence-corrected chi connectivity index (χ3v) is 2.66. The van der Waals surface area contributed by atoms with Crippen LogP contribution in [0.5, 0.6) is 0 Å². The van der Waals surface area contributed by atoms with E-state index in [1.54, 1.807) is 7.05 Å². The number of hydrogen-bond donors (Lipinski definition) is 3. The number of carbonyl (C=O) groups excluding carboxylic acids is 1. The van der Waals surface area contributed by atoms with Crippen molar-refractivity contribution in [1.82, 2.24) is 5.32 Å². The first kappa shape index (κ1) is 11.4. The Labute approximate surface area is 83.9 Å². The van der Waals surface area contributed by atoms with Crippen LogP contribution in [0.15, 0.2) is 0 Å². The van der Waals surface area contributed by atoms with Gasteiger partial charge < -0.3 is 10.4 Å². The number of hydroxylamine groups is 3. The average molecular weight is 203 g/mol. The largest absolute Gasteiger partial charge is 0.387 e. The van der Waals surface area contributed by atoms with Crippen LogP contribution in [-0.2, 0) is 4.79 Å². The van der Waals surface area contributed by atoms with E-state index in [1.165, 1.54) is 0 Å². The molecule has 0 spiro atoms. The SMILES string of the molecule is C[N+]1(O)CCCC(NC(=O)CO)CC1. The number of quaternary nitrogens is 1. The quantitative estimate of drug-likeness (QED) is 0.529. The van der Waals surface area contributed by atoms with Gasteiger partial charge in [0.2, 0.25) is 5.91 Å². The molecule has 2 atom stereocenters. The second-order valence-corrected chi connectivity index (χ2v) is 4.14. The number of aliphatic hydroxyl groups is 1. The van der Waals surface area contributed by atoms with Crippen molar-refractivity contribution in [2.75, 3.05) is 26.7 Å². The lowest BCUT2D eigenvalue weighted by molar-refractivity contribution is -1.09. The highest BCUT2D eigenvalue weighted by molar-refractivity contribution is 5.77. The van der Waals surface area contributed by atoms with Crippen molar-refractivity contribution < 1.29 is 19.8 Å². The van der Waals surface area contributed by atoms with Gasteiger partial charge in [0, 0.05) is 18.9 Å². The van der Waals surface area contributed by atoms with Crippen molar-refractivity contribution in [1.29, 1.82) is 0 Å². The highest BCUT2D eigenvalue weighted by Gasteiger charge is 2.26. The van der Waals surface area contributed by atoms with Crippen molar-refractivity contribution in [2.45, 2.75) is 25.3 Å². The van der Waals surface area contributed by atoms with Crippen molar-refractivity contribution in [2.24, 2.45) is 0 Å². The number of hydrogen-bond acceptors (Lipinski definition) is 3. The van der Waals surface area contributed by atoms with Crippen LogP contribution in [0.4, 0.5) is 0 Å². The van der Waals surface area contributed by atoms with Gasteiger partial charge in [-0.2, -0.15) is 4.65 Å². The van der Waals surface area contributed by atoms with E-state index in [1.807, 2.05) is 0 Å². The summed E-state index contributed by atoms with van der Waals surface area (Å²) in [6.07, 6.45) is 2.53. The Morgan fingerprint density at radius 3 is 2.86 bits per heavy atom. The summed E-state index contributed by atoms with van der Waals surface area (Å²) in [7, 11) is 1.77. The summed E-state index contributed by atoms with van der Waals surface area (Å²) in [5, 5.41) is 21.0. The zero-order chi connectivity index (χ0) is 10.6. The van der Waals surface area contributed by atoms with Gasteiger partial charge in [0.15, 0.2) is 0 Å². The molecule has 0 aliphatic carbocycles. The van der Waals surface area contributed by atoms with Crippen LogP contribution in [0.2, 0.25) is 0 Å². The van der Waals surface area contributed by atoms with Crippen LogP contribution in [0, 0.1) is 0 Å². The average Bonchev–Trinajstić information content (AvgIpc) is 2.28. The van der Waals surface area contributed by atoms with Crippen molar-refractivity contribution in [3.63, 3.8) is 0 Å². The van der Waals surface area contributed by atoms with Crippen molar-refractivity contribution in [3.05, 3.63) is 0 Å². The fraction of sp³-hybridized carbons (Fsp3) is 0.889. The van der Waals surface area contributed by atoms with E-state index in [-0.39, 0.29) is 16.6 Å². The summed E-state index contributed by atoms with van der Waals surface area (Å²) >= 11 is 0. The molecule has 2 unspecified atom stereocenters. The molecule has 5 heteroatoms. The van der Waals surface area contributed by atoms with Crippen LogP contribution in [0.1, 0.15) is 19.3 Å². The normalized spacial score (nSPS) is 33.5. The van der Waals surface area contributed by atoms with Crippen molar-refractivity contribution in [3.8, 4) is 0 Å². The van der Waals surface area contributed by atoms with Crippen LogP contribution in [0.3, 0.4) is 0 Å². The lowest BCUT2D eigenvalue weighted by atomic mass is 10.1. The number of aliphatic hydroxyl groups excluding tert-OH is 1. The van der Waals surface area contributed by atoms with E-state index in [2.05, 4.69) is 5.32 Å². The molecule has 1 heterocycles. The summed E-state index contributed by atoms with van der Waals surface area (Å²) < 4.78 is 0.0332. The monoisotopic (exact) mass is 203 g/mol. The Balaban J connectivity index is 2.38. The first-order valence-corrected chi connectivity index (χ1v) is 5.01. The van der Waals surface area contributed by atoms with Gasteiger partial charge in [-0.3, -0.25) is 4.79 Å². The Hall–Kier alpha value is -0.650. The van der Waals surface area contributed by atoms with Gasteiger partial charge in [-0.15, -0.1) is 0 Å². The zero-order valence-electron chi connectivity index (χ0n) is 8.57. The van der Waals surface area contributed by atoms with E-state index < -0.39 is 6.61 Å². The molecule has 0 aromatic heterocycles. The van der Waals surface area contributed by atoms with Gasteiger partial charge in [0.25, 0.3) is 0 Å². The number of nitrogens with one attached hydrogen (secondary N) is 1. The second-order valence-electron chi connectivity index (χ2n) is 4.14. The van der Waals surface area contributed by atoms with Crippen molar-refractivity contribution >= 4 is 5.91 Å². The maximum Gasteiger partial charge on any atom is 0.245 e. The van der Waals surface area contributed by atoms with Gasteiger partial charge in [-0.1, -0.05) is 0 Å². The molecule has 0 aromatic carbocycles. The molecule has 0 bridgehead atoms. The maximum atomic E-state index is 10.9. The van der Waals surface area contributed by atoms with E-state index in [9.17, 15) is 10.0 Å². The topological polar surface area (TPSA) is 69.6 Å². The molecule has 1 saturated heterocycles. The van der Waals surface area contributed by atoms with E-state index >= 15 is 0 Å². The molecule has 82 valence electrons. The highest BCUT2D eigenvalue weighted by atomic mass is 16.5. The molecule has 1 fully saturated rings. The molecule has 3 N–H and O–H groups in total. The number of nitrogens with zero attached hydrogens (tertiary/aromatic N) is 1. The minimum Gasteiger partial charge on any atom is -0.387 e. The molecule has 0 radical (unpaired) electrons. The summed E-state index contributed by atoms with van der Waals surface area (Å²) in [6.45, 7) is 0.920. The maximum absolute atomic E-state index is 10.9. The molecule has 0 aromatic rings. The van der Waals surface area contributed by atoms with Gasteiger partial charge in [0.1, 0.15) is 19.7 Å². The molecule has 1 amide bonds. The lowest BCUT2D eigenvalue weighted by Gasteiger charge is -2.23. The van der Waals surface area contributed by atoms with Gasteiger partial charge in [-0.05, 0) is 6.42 Å². The zero-order valence-corrected chi connectivity index (χ0v) is 8.57. The second kappa shape index (κ2) is 4.72. The van der Waals surface area contributed by atoms with E-state index in [0.29, 0.717) is 6.54 Å². The molecule has 5 nitrogen and oxygen atoms in total. The number of carbonyl (C=O) groups is 1. The van der Waals surface area contributed by atoms with Crippen LogP contribution in [0.25, 0.3) is 0 Å². The smallest absolute Gasteiger partial charge is 0.245 e. The Morgan fingerprint density at radius 1 is 1.50 bits per heavy atom. The summed E-state index contributed by atoms with van der Waals surface area (Å²) in [5.74, 6) is -0.330. The fourth-order valence-electron chi connectivity index (χ4n) is 1.79. The summed E-state index contributed by atoms with van der Waals surface area (Å²) in [6, 6.07) is 0.0988.